The maximum absolute atomic E-state index is 9.34. The van der Waals surface area contributed by atoms with E-state index in [-0.39, 0.29) is 0 Å². The predicted molar refractivity (Wildman–Crippen MR) is 99.9 cm³/mol. The summed E-state index contributed by atoms with van der Waals surface area (Å²) in [5, 5.41) is 14.3. The van der Waals surface area contributed by atoms with Crippen LogP contribution in [0.3, 0.4) is 0 Å². The average molecular weight is 339 g/mol. The Bertz CT molecular complexity index is 701. The Kier molecular flexibility index (Phi) is 4.91. The van der Waals surface area contributed by atoms with Crippen LogP contribution in [0.15, 0.2) is 30.3 Å². The van der Waals surface area contributed by atoms with Crippen LogP contribution in [0.2, 0.25) is 0 Å². The molecule has 0 spiro atoms. The molecular formula is C21H29N3O. The average Bonchev–Trinajstić information content (AvgIpc) is 3.26. The van der Waals surface area contributed by atoms with Crippen LogP contribution in [0.25, 0.3) is 5.69 Å². The molecule has 2 aliphatic carbocycles. The molecule has 1 saturated carbocycles. The van der Waals surface area contributed by atoms with Gasteiger partial charge >= 0.3 is 0 Å². The molecule has 1 heterocycles. The number of rotatable bonds is 5. The number of hydrogen-bond donors (Lipinski definition) is 1. The lowest BCUT2D eigenvalue weighted by Crippen LogP contribution is -2.35. The molecule has 0 atom stereocenters. The molecule has 4 nitrogen and oxygen atoms in total. The Hall–Kier alpha value is -1.65. The highest BCUT2D eigenvalue weighted by Crippen LogP contribution is 2.31. The van der Waals surface area contributed by atoms with Crippen molar-refractivity contribution in [2.75, 3.05) is 13.7 Å². The third-order valence-electron chi connectivity index (χ3n) is 6.11. The predicted octanol–water partition coefficient (Wildman–Crippen LogP) is 3.34. The molecule has 25 heavy (non-hydrogen) atoms. The topological polar surface area (TPSA) is 41.3 Å². The lowest BCUT2D eigenvalue weighted by atomic mass is 9.86. The lowest BCUT2D eigenvalue weighted by Gasteiger charge is -2.33. The normalized spacial score (nSPS) is 23.2. The summed E-state index contributed by atoms with van der Waals surface area (Å²) in [6.07, 6.45) is 8.26. The van der Waals surface area contributed by atoms with E-state index < -0.39 is 0 Å². The molecule has 1 fully saturated rings. The highest BCUT2D eigenvalue weighted by atomic mass is 16.3. The van der Waals surface area contributed by atoms with Crippen molar-refractivity contribution in [1.29, 1.82) is 0 Å². The summed E-state index contributed by atoms with van der Waals surface area (Å²) in [5.74, 6) is 0.520. The van der Waals surface area contributed by atoms with Gasteiger partial charge in [0.15, 0.2) is 0 Å². The number of aliphatic hydroxyl groups excluding tert-OH is 1. The van der Waals surface area contributed by atoms with Gasteiger partial charge < -0.3 is 5.11 Å². The van der Waals surface area contributed by atoms with Crippen LogP contribution < -0.4 is 0 Å². The first-order valence-corrected chi connectivity index (χ1v) is 9.72. The van der Waals surface area contributed by atoms with E-state index in [9.17, 15) is 5.11 Å². The molecule has 2 aliphatic rings. The van der Waals surface area contributed by atoms with Gasteiger partial charge in [0, 0.05) is 24.9 Å². The second-order valence-corrected chi connectivity index (χ2v) is 7.75. The molecule has 0 amide bonds. The van der Waals surface area contributed by atoms with Gasteiger partial charge in [-0.3, -0.25) is 4.90 Å². The van der Waals surface area contributed by atoms with Crippen molar-refractivity contribution in [3.63, 3.8) is 0 Å². The zero-order chi connectivity index (χ0) is 17.2. The van der Waals surface area contributed by atoms with Gasteiger partial charge in [-0.25, -0.2) is 4.68 Å². The quantitative estimate of drug-likeness (QED) is 0.908. The highest BCUT2D eigenvalue weighted by molar-refractivity contribution is 5.39. The van der Waals surface area contributed by atoms with Gasteiger partial charge in [-0.1, -0.05) is 18.2 Å². The fraction of sp³-hybridized carbons (Fsp3) is 0.571. The van der Waals surface area contributed by atoms with Gasteiger partial charge in [0.2, 0.25) is 0 Å². The molecule has 0 saturated heterocycles. The van der Waals surface area contributed by atoms with Crippen molar-refractivity contribution in [1.82, 2.24) is 14.7 Å². The number of aromatic nitrogens is 2. The Morgan fingerprint density at radius 1 is 1.12 bits per heavy atom. The van der Waals surface area contributed by atoms with Crippen molar-refractivity contribution in [3.8, 4) is 5.69 Å². The fourth-order valence-electron chi connectivity index (χ4n) is 4.56. The van der Waals surface area contributed by atoms with Crippen LogP contribution in [0.4, 0.5) is 0 Å². The summed E-state index contributed by atoms with van der Waals surface area (Å²) >= 11 is 0. The molecule has 4 heteroatoms. The van der Waals surface area contributed by atoms with Crippen molar-refractivity contribution >= 4 is 0 Å². The van der Waals surface area contributed by atoms with Gasteiger partial charge in [0.25, 0.3) is 0 Å². The van der Waals surface area contributed by atoms with Gasteiger partial charge in [0.05, 0.1) is 11.4 Å². The molecule has 2 aromatic rings. The molecule has 0 bridgehead atoms. The summed E-state index contributed by atoms with van der Waals surface area (Å²) < 4.78 is 2.17. The second kappa shape index (κ2) is 7.30. The molecule has 4 rings (SSSR count). The minimum atomic E-state index is 0.353. The Morgan fingerprint density at radius 2 is 1.88 bits per heavy atom. The van der Waals surface area contributed by atoms with E-state index in [4.69, 9.17) is 5.10 Å². The second-order valence-electron chi connectivity index (χ2n) is 7.75. The van der Waals surface area contributed by atoms with Crippen LogP contribution in [0.5, 0.6) is 0 Å². The molecule has 0 aliphatic heterocycles. The first-order chi connectivity index (χ1) is 12.3. The molecule has 0 unspecified atom stereocenters. The first kappa shape index (κ1) is 16.8. The zero-order valence-electron chi connectivity index (χ0n) is 15.2. The summed E-state index contributed by atoms with van der Waals surface area (Å²) in [6.45, 7) is 1.29. The van der Waals surface area contributed by atoms with Gasteiger partial charge in [0.1, 0.15) is 0 Å². The number of fused-ring (bicyclic) bond motifs is 1. The van der Waals surface area contributed by atoms with Gasteiger partial charge in [-0.05, 0) is 75.6 Å². The standard InChI is InChI=1S/C21H29N3O/c1-23(17-12-10-16(15-25)11-13-17)14-20-19-8-5-9-21(19)24(22-20)18-6-3-2-4-7-18/h2-4,6-7,16-17,25H,5,8-15H2,1H3. The van der Waals surface area contributed by atoms with Crippen LogP contribution >= 0.6 is 0 Å². The molecule has 134 valence electrons. The van der Waals surface area contributed by atoms with Crippen molar-refractivity contribution < 1.29 is 5.11 Å². The highest BCUT2D eigenvalue weighted by Gasteiger charge is 2.27. The monoisotopic (exact) mass is 339 g/mol. The minimum absolute atomic E-state index is 0.353. The van der Waals surface area contributed by atoms with Crippen molar-refractivity contribution in [3.05, 3.63) is 47.3 Å². The fourth-order valence-corrected chi connectivity index (χ4v) is 4.56. The maximum atomic E-state index is 9.34. The number of aliphatic hydroxyl groups is 1. The van der Waals surface area contributed by atoms with E-state index in [1.54, 1.807) is 0 Å². The van der Waals surface area contributed by atoms with E-state index in [1.807, 2.05) is 0 Å². The Labute approximate surface area is 150 Å². The number of nitrogens with zero attached hydrogens (tertiary/aromatic N) is 3. The smallest absolute Gasteiger partial charge is 0.0804 e. The van der Waals surface area contributed by atoms with Crippen LogP contribution in [-0.4, -0.2) is 39.5 Å². The lowest BCUT2D eigenvalue weighted by molar-refractivity contribution is 0.123. The van der Waals surface area contributed by atoms with E-state index >= 15 is 0 Å². The van der Waals surface area contributed by atoms with E-state index in [0.29, 0.717) is 18.6 Å². The van der Waals surface area contributed by atoms with E-state index in [0.717, 1.165) is 25.8 Å². The summed E-state index contributed by atoms with van der Waals surface area (Å²) in [7, 11) is 2.24. The Balaban J connectivity index is 1.51. The van der Waals surface area contributed by atoms with Crippen LogP contribution in [0, 0.1) is 5.92 Å². The van der Waals surface area contributed by atoms with Gasteiger partial charge in [-0.15, -0.1) is 0 Å². The zero-order valence-corrected chi connectivity index (χ0v) is 15.2. The van der Waals surface area contributed by atoms with Crippen LogP contribution in [0.1, 0.15) is 49.1 Å². The molecule has 1 aromatic carbocycles. The number of hydrogen-bond acceptors (Lipinski definition) is 3. The van der Waals surface area contributed by atoms with Crippen molar-refractivity contribution in [2.24, 2.45) is 5.92 Å². The van der Waals surface area contributed by atoms with E-state index in [1.165, 1.54) is 48.3 Å². The van der Waals surface area contributed by atoms with Crippen molar-refractivity contribution in [2.45, 2.75) is 57.5 Å². The van der Waals surface area contributed by atoms with Gasteiger partial charge in [-0.2, -0.15) is 5.10 Å². The maximum Gasteiger partial charge on any atom is 0.0804 e. The largest absolute Gasteiger partial charge is 0.396 e. The number of benzene rings is 1. The number of para-hydroxylation sites is 1. The molecule has 1 N–H and O–H groups in total. The SMILES string of the molecule is CN(Cc1nn(-c2ccccc2)c2c1CCC2)C1CCC(CO)CC1. The molecule has 1 aromatic heterocycles. The summed E-state index contributed by atoms with van der Waals surface area (Å²) in [6, 6.07) is 11.2. The Morgan fingerprint density at radius 3 is 2.60 bits per heavy atom. The third kappa shape index (κ3) is 3.38. The summed E-state index contributed by atoms with van der Waals surface area (Å²) in [4.78, 5) is 2.49. The summed E-state index contributed by atoms with van der Waals surface area (Å²) in [5.41, 5.74) is 5.35. The molecular weight excluding hydrogens is 310 g/mol. The van der Waals surface area contributed by atoms with Crippen LogP contribution in [-0.2, 0) is 19.4 Å². The minimum Gasteiger partial charge on any atom is -0.396 e. The molecule has 0 radical (unpaired) electrons. The van der Waals surface area contributed by atoms with E-state index in [2.05, 4.69) is 47.0 Å². The first-order valence-electron chi connectivity index (χ1n) is 9.72. The third-order valence-corrected chi connectivity index (χ3v) is 6.11.